The number of piperazine rings is 1. The SMILES string of the molecule is Cc1c(C(=O)Nc2ccc(Oc3ccccc3)cc2)sc2ncn(CC(=O)N3CCN(c4ccccn4)CC3)c(=O)c12. The number of pyridine rings is 1. The molecule has 1 saturated heterocycles. The smallest absolute Gasteiger partial charge is 0.266 e. The highest BCUT2D eigenvalue weighted by Crippen LogP contribution is 2.28. The lowest BCUT2D eigenvalue weighted by Crippen LogP contribution is -2.50. The predicted molar refractivity (Wildman–Crippen MR) is 163 cm³/mol. The van der Waals surface area contributed by atoms with Gasteiger partial charge in [0.2, 0.25) is 5.91 Å². The van der Waals surface area contributed by atoms with Gasteiger partial charge in [-0.15, -0.1) is 11.3 Å². The van der Waals surface area contributed by atoms with E-state index < -0.39 is 0 Å². The number of amides is 2. The predicted octanol–water partition coefficient (Wildman–Crippen LogP) is 4.55. The molecule has 0 atom stereocenters. The summed E-state index contributed by atoms with van der Waals surface area (Å²) in [5.41, 5.74) is 0.798. The third kappa shape index (κ3) is 5.72. The average molecular weight is 581 g/mol. The fourth-order valence-electron chi connectivity index (χ4n) is 4.88. The molecule has 10 nitrogen and oxygen atoms in total. The number of aryl methyl sites for hydroxylation is 1. The van der Waals surface area contributed by atoms with Gasteiger partial charge in [-0.3, -0.25) is 19.0 Å². The van der Waals surface area contributed by atoms with Crippen LogP contribution in [0.25, 0.3) is 10.2 Å². The molecule has 0 saturated carbocycles. The summed E-state index contributed by atoms with van der Waals surface area (Å²) in [6.45, 7) is 4.04. The van der Waals surface area contributed by atoms with Crippen molar-refractivity contribution >= 4 is 44.9 Å². The van der Waals surface area contributed by atoms with Crippen molar-refractivity contribution in [1.29, 1.82) is 0 Å². The van der Waals surface area contributed by atoms with Gasteiger partial charge in [-0.1, -0.05) is 24.3 Å². The van der Waals surface area contributed by atoms with E-state index in [1.54, 1.807) is 42.3 Å². The molecule has 0 radical (unpaired) electrons. The van der Waals surface area contributed by atoms with Crippen LogP contribution >= 0.6 is 11.3 Å². The van der Waals surface area contributed by atoms with Gasteiger partial charge in [0.15, 0.2) is 0 Å². The number of hydrogen-bond donors (Lipinski definition) is 1. The summed E-state index contributed by atoms with van der Waals surface area (Å²) in [4.78, 5) is 53.1. The van der Waals surface area contributed by atoms with E-state index in [1.807, 2.05) is 48.5 Å². The van der Waals surface area contributed by atoms with Crippen molar-refractivity contribution in [2.24, 2.45) is 0 Å². The molecule has 1 aliphatic rings. The zero-order chi connectivity index (χ0) is 29.1. The first kappa shape index (κ1) is 27.2. The molecule has 0 spiro atoms. The van der Waals surface area contributed by atoms with Crippen molar-refractivity contribution in [1.82, 2.24) is 19.4 Å². The molecule has 2 aromatic carbocycles. The summed E-state index contributed by atoms with van der Waals surface area (Å²) >= 11 is 1.16. The monoisotopic (exact) mass is 580 g/mol. The Balaban J connectivity index is 1.12. The number of para-hydroxylation sites is 1. The molecule has 5 aromatic rings. The molecule has 1 fully saturated rings. The summed E-state index contributed by atoms with van der Waals surface area (Å²) in [6.07, 6.45) is 3.14. The van der Waals surface area contributed by atoms with Crippen LogP contribution in [-0.2, 0) is 11.3 Å². The first-order chi connectivity index (χ1) is 20.5. The zero-order valence-corrected chi connectivity index (χ0v) is 23.7. The molecule has 11 heteroatoms. The molecule has 212 valence electrons. The molecule has 0 unspecified atom stereocenters. The van der Waals surface area contributed by atoms with Gasteiger partial charge in [0.05, 0.1) is 16.6 Å². The van der Waals surface area contributed by atoms with E-state index in [-0.39, 0.29) is 23.9 Å². The Hall–Kier alpha value is -5.03. The summed E-state index contributed by atoms with van der Waals surface area (Å²) in [5, 5.41) is 3.24. The Labute approximate surface area is 245 Å². The Bertz CT molecular complexity index is 1780. The molecule has 6 rings (SSSR count). The number of ether oxygens (including phenoxy) is 1. The van der Waals surface area contributed by atoms with Crippen molar-refractivity contribution < 1.29 is 14.3 Å². The number of benzene rings is 2. The van der Waals surface area contributed by atoms with Gasteiger partial charge >= 0.3 is 0 Å². The van der Waals surface area contributed by atoms with Crippen molar-refractivity contribution in [3.8, 4) is 11.5 Å². The van der Waals surface area contributed by atoms with Gasteiger partial charge in [-0.2, -0.15) is 0 Å². The second kappa shape index (κ2) is 11.8. The number of nitrogens with one attached hydrogen (secondary N) is 1. The number of hydrogen-bond acceptors (Lipinski definition) is 8. The van der Waals surface area contributed by atoms with Crippen LogP contribution in [0.1, 0.15) is 15.2 Å². The second-order valence-corrected chi connectivity index (χ2v) is 10.9. The number of nitrogens with zero attached hydrogens (tertiary/aromatic N) is 5. The number of anilines is 2. The van der Waals surface area contributed by atoms with E-state index in [0.29, 0.717) is 58.3 Å². The summed E-state index contributed by atoms with van der Waals surface area (Å²) in [7, 11) is 0. The molecule has 2 amide bonds. The maximum Gasteiger partial charge on any atom is 0.266 e. The summed E-state index contributed by atoms with van der Waals surface area (Å²) in [6, 6.07) is 22.3. The maximum atomic E-state index is 13.4. The van der Waals surface area contributed by atoms with Gasteiger partial charge in [-0.05, 0) is 61.0 Å². The molecule has 1 N–H and O–H groups in total. The largest absolute Gasteiger partial charge is 0.457 e. The quantitative estimate of drug-likeness (QED) is 0.301. The van der Waals surface area contributed by atoms with Crippen LogP contribution < -0.4 is 20.5 Å². The van der Waals surface area contributed by atoms with Gasteiger partial charge in [0.1, 0.15) is 28.7 Å². The van der Waals surface area contributed by atoms with Gasteiger partial charge in [0, 0.05) is 38.1 Å². The van der Waals surface area contributed by atoms with Crippen LogP contribution in [0.3, 0.4) is 0 Å². The van der Waals surface area contributed by atoms with Crippen molar-refractivity contribution in [2.75, 3.05) is 36.4 Å². The molecule has 0 bridgehead atoms. The molecule has 4 heterocycles. The van der Waals surface area contributed by atoms with Crippen LogP contribution in [0, 0.1) is 6.92 Å². The minimum Gasteiger partial charge on any atom is -0.457 e. The van der Waals surface area contributed by atoms with E-state index in [1.165, 1.54) is 10.9 Å². The fourth-order valence-corrected chi connectivity index (χ4v) is 5.91. The zero-order valence-electron chi connectivity index (χ0n) is 22.9. The highest BCUT2D eigenvalue weighted by Gasteiger charge is 2.24. The van der Waals surface area contributed by atoms with Crippen LogP contribution in [0.2, 0.25) is 0 Å². The Morgan fingerprint density at radius 3 is 2.33 bits per heavy atom. The van der Waals surface area contributed by atoms with E-state index in [2.05, 4.69) is 20.2 Å². The molecular weight excluding hydrogens is 552 g/mol. The number of carbonyl (C=O) groups is 2. The highest BCUT2D eigenvalue weighted by atomic mass is 32.1. The molecule has 1 aliphatic heterocycles. The number of aromatic nitrogens is 3. The standard InChI is InChI=1S/C31H28N6O4S/c1-21-27-30(42-28(21)29(39)34-22-10-12-24(13-11-22)41-23-7-3-2-4-8-23)33-20-37(31(27)40)19-26(38)36-17-15-35(16-18-36)25-9-5-6-14-32-25/h2-14,20H,15-19H2,1H3,(H,34,39). The fraction of sp³-hybridized carbons (Fsp3) is 0.194. The molecular formula is C31H28N6O4S. The highest BCUT2D eigenvalue weighted by molar-refractivity contribution is 7.20. The normalized spacial score (nSPS) is 13.3. The Kier molecular flexibility index (Phi) is 7.65. The third-order valence-corrected chi connectivity index (χ3v) is 8.32. The van der Waals surface area contributed by atoms with Gasteiger partial charge in [-0.25, -0.2) is 9.97 Å². The number of fused-ring (bicyclic) bond motifs is 1. The number of thiophene rings is 1. The topological polar surface area (TPSA) is 110 Å². The second-order valence-electron chi connectivity index (χ2n) is 9.86. The maximum absolute atomic E-state index is 13.4. The van der Waals surface area contributed by atoms with Crippen molar-refractivity contribution in [2.45, 2.75) is 13.5 Å². The minimum atomic E-state index is -0.337. The molecule has 42 heavy (non-hydrogen) atoms. The molecule has 0 aliphatic carbocycles. The van der Waals surface area contributed by atoms with E-state index in [9.17, 15) is 14.4 Å². The average Bonchev–Trinajstić information content (AvgIpc) is 3.37. The summed E-state index contributed by atoms with van der Waals surface area (Å²) in [5.74, 6) is 1.77. The lowest BCUT2D eigenvalue weighted by Gasteiger charge is -2.35. The van der Waals surface area contributed by atoms with Gasteiger partial charge < -0.3 is 19.9 Å². The Morgan fingerprint density at radius 1 is 0.905 bits per heavy atom. The van der Waals surface area contributed by atoms with Crippen LogP contribution in [0.5, 0.6) is 11.5 Å². The lowest BCUT2D eigenvalue weighted by molar-refractivity contribution is -0.132. The van der Waals surface area contributed by atoms with Crippen LogP contribution in [0.4, 0.5) is 11.5 Å². The lowest BCUT2D eigenvalue weighted by atomic mass is 10.2. The third-order valence-electron chi connectivity index (χ3n) is 7.13. The summed E-state index contributed by atoms with van der Waals surface area (Å²) < 4.78 is 7.13. The molecule has 3 aromatic heterocycles. The first-order valence-corrected chi connectivity index (χ1v) is 14.3. The number of rotatable bonds is 7. The van der Waals surface area contributed by atoms with E-state index in [4.69, 9.17) is 4.74 Å². The van der Waals surface area contributed by atoms with Crippen molar-refractivity contribution in [3.05, 3.63) is 106 Å². The van der Waals surface area contributed by atoms with E-state index in [0.717, 1.165) is 22.9 Å². The number of carbonyl (C=O) groups excluding carboxylic acids is 2. The minimum absolute atomic E-state index is 0.112. The first-order valence-electron chi connectivity index (χ1n) is 13.5. The van der Waals surface area contributed by atoms with Crippen LogP contribution in [0.15, 0.2) is 90.1 Å². The van der Waals surface area contributed by atoms with E-state index >= 15 is 0 Å². The van der Waals surface area contributed by atoms with Crippen molar-refractivity contribution in [3.63, 3.8) is 0 Å². The Morgan fingerprint density at radius 2 is 1.62 bits per heavy atom. The van der Waals surface area contributed by atoms with Gasteiger partial charge in [0.25, 0.3) is 11.5 Å². The van der Waals surface area contributed by atoms with Crippen LogP contribution in [-0.4, -0.2) is 57.4 Å².